The van der Waals surface area contributed by atoms with Gasteiger partial charge in [0.2, 0.25) is 5.91 Å². The number of hydrogen-bond donors (Lipinski definition) is 2. The van der Waals surface area contributed by atoms with Crippen LogP contribution in [0.5, 0.6) is 0 Å². The number of rotatable bonds is 5. The van der Waals surface area contributed by atoms with E-state index in [0.717, 1.165) is 12.8 Å². The summed E-state index contributed by atoms with van der Waals surface area (Å²) in [5.74, 6) is -0.339. The molecule has 2 N–H and O–H groups in total. The fourth-order valence-electron chi connectivity index (χ4n) is 3.08. The molecule has 1 aliphatic rings. The van der Waals surface area contributed by atoms with Gasteiger partial charge in [0.15, 0.2) is 5.13 Å². The van der Waals surface area contributed by atoms with Gasteiger partial charge in [0.05, 0.1) is 21.7 Å². The molecule has 3 rings (SSSR count). The third kappa shape index (κ3) is 4.96. The first kappa shape index (κ1) is 20.9. The largest absolute Gasteiger partial charge is 0.354 e. The molecule has 1 aromatic carbocycles. The lowest BCUT2D eigenvalue weighted by atomic mass is 9.96. The minimum atomic E-state index is -0.179. The van der Waals surface area contributed by atoms with Crippen molar-refractivity contribution in [2.75, 3.05) is 18.4 Å². The molecule has 28 heavy (non-hydrogen) atoms. The van der Waals surface area contributed by atoms with Crippen LogP contribution >= 0.6 is 34.5 Å². The monoisotopic (exact) mass is 440 g/mol. The molecule has 0 saturated carbocycles. The fraction of sp³-hybridized carbons (Fsp3) is 0.421. The van der Waals surface area contributed by atoms with Gasteiger partial charge in [-0.3, -0.25) is 9.59 Å². The molecule has 0 spiro atoms. The van der Waals surface area contributed by atoms with E-state index in [-0.39, 0.29) is 23.8 Å². The lowest BCUT2D eigenvalue weighted by Crippen LogP contribution is -2.46. The van der Waals surface area contributed by atoms with Gasteiger partial charge >= 0.3 is 0 Å². The van der Waals surface area contributed by atoms with Crippen molar-refractivity contribution in [3.63, 3.8) is 0 Å². The Morgan fingerprint density at radius 2 is 2.11 bits per heavy atom. The number of hydrogen-bond acceptors (Lipinski definition) is 5. The summed E-state index contributed by atoms with van der Waals surface area (Å²) < 4.78 is 0. The Labute approximate surface area is 178 Å². The highest BCUT2D eigenvalue weighted by molar-refractivity contribution is 7.14. The number of anilines is 2. The molecule has 2 heterocycles. The molecule has 150 valence electrons. The van der Waals surface area contributed by atoms with Gasteiger partial charge in [0, 0.05) is 24.5 Å². The SMILES string of the molecule is CC(C)NC(=O)C1CCCN(C(=O)c2csc(Nc3cccc(Cl)c3Cl)n2)C1. The topological polar surface area (TPSA) is 74.3 Å². The Morgan fingerprint density at radius 1 is 1.32 bits per heavy atom. The van der Waals surface area contributed by atoms with Gasteiger partial charge in [0.25, 0.3) is 5.91 Å². The summed E-state index contributed by atoms with van der Waals surface area (Å²) in [5.41, 5.74) is 0.987. The Hall–Kier alpha value is -1.83. The summed E-state index contributed by atoms with van der Waals surface area (Å²) in [6, 6.07) is 5.36. The van der Waals surface area contributed by atoms with Crippen molar-refractivity contribution in [1.82, 2.24) is 15.2 Å². The highest BCUT2D eigenvalue weighted by Gasteiger charge is 2.30. The molecule has 1 aliphatic heterocycles. The van der Waals surface area contributed by atoms with Crippen molar-refractivity contribution in [2.45, 2.75) is 32.7 Å². The van der Waals surface area contributed by atoms with Gasteiger partial charge in [-0.05, 0) is 38.8 Å². The summed E-state index contributed by atoms with van der Waals surface area (Å²) in [5, 5.41) is 9.14. The minimum absolute atomic E-state index is 0.00346. The standard InChI is InChI=1S/C19H22Cl2N4O2S/c1-11(2)22-17(26)12-5-4-8-25(9-12)18(27)15-10-28-19(24-15)23-14-7-3-6-13(20)16(14)21/h3,6-7,10-12H,4-5,8-9H2,1-2H3,(H,22,26)(H,23,24). The predicted octanol–water partition coefficient (Wildman–Crippen LogP) is 4.57. The van der Waals surface area contributed by atoms with Crippen LogP contribution in [0.4, 0.5) is 10.8 Å². The van der Waals surface area contributed by atoms with E-state index >= 15 is 0 Å². The first-order chi connectivity index (χ1) is 13.3. The van der Waals surface area contributed by atoms with E-state index in [4.69, 9.17) is 23.2 Å². The molecule has 0 bridgehead atoms. The van der Waals surface area contributed by atoms with Crippen LogP contribution in [0.15, 0.2) is 23.6 Å². The smallest absolute Gasteiger partial charge is 0.273 e. The van der Waals surface area contributed by atoms with Crippen LogP contribution in [0, 0.1) is 5.92 Å². The average molecular weight is 441 g/mol. The van der Waals surface area contributed by atoms with Crippen LogP contribution in [-0.4, -0.2) is 40.8 Å². The predicted molar refractivity (Wildman–Crippen MR) is 114 cm³/mol. The Bertz CT molecular complexity index is 871. The molecule has 6 nitrogen and oxygen atoms in total. The zero-order valence-corrected chi connectivity index (χ0v) is 18.0. The number of piperidine rings is 1. The molecular weight excluding hydrogens is 419 g/mol. The second-order valence-corrected chi connectivity index (χ2v) is 8.66. The Balaban J connectivity index is 1.66. The van der Waals surface area contributed by atoms with Crippen LogP contribution in [0.2, 0.25) is 10.0 Å². The maximum atomic E-state index is 12.8. The maximum absolute atomic E-state index is 12.8. The van der Waals surface area contributed by atoms with Gasteiger partial charge in [-0.1, -0.05) is 29.3 Å². The number of thiazole rings is 1. The van der Waals surface area contributed by atoms with Gasteiger partial charge in [-0.25, -0.2) is 4.98 Å². The molecule has 2 aromatic rings. The van der Waals surface area contributed by atoms with Gasteiger partial charge < -0.3 is 15.5 Å². The van der Waals surface area contributed by atoms with Crippen molar-refractivity contribution in [1.29, 1.82) is 0 Å². The van der Waals surface area contributed by atoms with Crippen molar-refractivity contribution in [3.8, 4) is 0 Å². The number of benzene rings is 1. The number of amides is 2. The molecule has 0 aliphatic carbocycles. The first-order valence-electron chi connectivity index (χ1n) is 9.11. The van der Waals surface area contributed by atoms with E-state index in [9.17, 15) is 9.59 Å². The first-order valence-corrected chi connectivity index (χ1v) is 10.7. The van der Waals surface area contributed by atoms with Gasteiger partial charge in [-0.2, -0.15) is 0 Å². The number of carbonyl (C=O) groups is 2. The van der Waals surface area contributed by atoms with E-state index in [1.54, 1.807) is 28.5 Å². The summed E-state index contributed by atoms with van der Waals surface area (Å²) in [6.45, 7) is 4.90. The van der Waals surface area contributed by atoms with Gasteiger partial charge in [-0.15, -0.1) is 11.3 Å². The molecule has 0 radical (unpaired) electrons. The summed E-state index contributed by atoms with van der Waals surface area (Å²) in [6.07, 6.45) is 1.59. The Morgan fingerprint density at radius 3 is 2.86 bits per heavy atom. The normalized spacial score (nSPS) is 16.9. The molecule has 2 amide bonds. The van der Waals surface area contributed by atoms with E-state index < -0.39 is 0 Å². The lowest BCUT2D eigenvalue weighted by molar-refractivity contribution is -0.126. The van der Waals surface area contributed by atoms with Crippen molar-refractivity contribution < 1.29 is 9.59 Å². The zero-order chi connectivity index (χ0) is 20.3. The lowest BCUT2D eigenvalue weighted by Gasteiger charge is -2.32. The number of nitrogens with zero attached hydrogens (tertiary/aromatic N) is 2. The van der Waals surface area contributed by atoms with Crippen LogP contribution in [0.25, 0.3) is 0 Å². The highest BCUT2D eigenvalue weighted by Crippen LogP contribution is 2.32. The number of halogens is 2. The minimum Gasteiger partial charge on any atom is -0.354 e. The third-order valence-electron chi connectivity index (χ3n) is 4.43. The van der Waals surface area contributed by atoms with E-state index in [1.807, 2.05) is 13.8 Å². The van der Waals surface area contributed by atoms with Crippen LogP contribution in [0.3, 0.4) is 0 Å². The number of nitrogens with one attached hydrogen (secondary N) is 2. The molecule has 1 aromatic heterocycles. The van der Waals surface area contributed by atoms with Crippen molar-refractivity contribution in [2.24, 2.45) is 5.92 Å². The van der Waals surface area contributed by atoms with Crippen molar-refractivity contribution >= 4 is 57.2 Å². The number of aromatic nitrogens is 1. The number of likely N-dealkylation sites (tertiary alicyclic amines) is 1. The van der Waals surface area contributed by atoms with Crippen LogP contribution in [-0.2, 0) is 4.79 Å². The van der Waals surface area contributed by atoms with E-state index in [0.29, 0.717) is 39.6 Å². The second kappa shape index (κ2) is 9.11. The van der Waals surface area contributed by atoms with Crippen LogP contribution in [0.1, 0.15) is 37.2 Å². The fourth-order valence-corrected chi connectivity index (χ4v) is 4.13. The van der Waals surface area contributed by atoms with Crippen LogP contribution < -0.4 is 10.6 Å². The summed E-state index contributed by atoms with van der Waals surface area (Å²) >= 11 is 13.5. The molecule has 1 fully saturated rings. The molecule has 1 unspecified atom stereocenters. The average Bonchev–Trinajstić information content (AvgIpc) is 3.13. The molecule has 9 heteroatoms. The third-order valence-corrected chi connectivity index (χ3v) is 6.00. The maximum Gasteiger partial charge on any atom is 0.273 e. The number of carbonyl (C=O) groups excluding carboxylic acids is 2. The quantitative estimate of drug-likeness (QED) is 0.713. The van der Waals surface area contributed by atoms with Crippen molar-refractivity contribution in [3.05, 3.63) is 39.3 Å². The van der Waals surface area contributed by atoms with E-state index in [2.05, 4.69) is 15.6 Å². The highest BCUT2D eigenvalue weighted by atomic mass is 35.5. The summed E-state index contributed by atoms with van der Waals surface area (Å²) in [4.78, 5) is 31.2. The molecule has 1 atom stereocenters. The van der Waals surface area contributed by atoms with E-state index in [1.165, 1.54) is 11.3 Å². The molecule has 1 saturated heterocycles. The zero-order valence-electron chi connectivity index (χ0n) is 15.7. The summed E-state index contributed by atoms with van der Waals surface area (Å²) in [7, 11) is 0. The molecular formula is C19H22Cl2N4O2S. The van der Waals surface area contributed by atoms with Gasteiger partial charge in [0.1, 0.15) is 5.69 Å². The second-order valence-electron chi connectivity index (χ2n) is 7.02. The Kier molecular flexibility index (Phi) is 6.80.